The normalized spacial score (nSPS) is 22.8. The number of rotatable bonds is 5. The number of aliphatic hydroxyl groups is 1. The second kappa shape index (κ2) is 6.29. The first-order valence-corrected chi connectivity index (χ1v) is 8.44. The molecule has 1 heterocycles. The molecule has 2 unspecified atom stereocenters. The van der Waals surface area contributed by atoms with Crippen molar-refractivity contribution < 1.29 is 14.6 Å². The van der Waals surface area contributed by atoms with E-state index in [-0.39, 0.29) is 17.9 Å². The molecule has 2 aromatic carbocycles. The molecule has 2 fully saturated rings. The molecule has 2 aliphatic rings. The van der Waals surface area contributed by atoms with Crippen molar-refractivity contribution in [3.63, 3.8) is 0 Å². The Morgan fingerprint density at radius 2 is 1.79 bits per heavy atom. The summed E-state index contributed by atoms with van der Waals surface area (Å²) in [4.78, 5) is 14.0. The maximum atomic E-state index is 12.2. The van der Waals surface area contributed by atoms with Crippen LogP contribution in [0.5, 0.6) is 5.75 Å². The van der Waals surface area contributed by atoms with Crippen LogP contribution in [0.2, 0.25) is 0 Å². The number of amides is 1. The molecule has 4 rings (SSSR count). The fourth-order valence-electron chi connectivity index (χ4n) is 3.26. The van der Waals surface area contributed by atoms with E-state index >= 15 is 0 Å². The van der Waals surface area contributed by atoms with Gasteiger partial charge in [0.1, 0.15) is 12.4 Å². The topological polar surface area (TPSA) is 49.8 Å². The Kier molecular flexibility index (Phi) is 3.98. The summed E-state index contributed by atoms with van der Waals surface area (Å²) in [6.07, 6.45) is 0.586. The van der Waals surface area contributed by atoms with Gasteiger partial charge >= 0.3 is 0 Å². The van der Waals surface area contributed by atoms with Crippen molar-refractivity contribution in [2.24, 2.45) is 5.92 Å². The van der Waals surface area contributed by atoms with Gasteiger partial charge in [0.2, 0.25) is 5.91 Å². The van der Waals surface area contributed by atoms with Gasteiger partial charge < -0.3 is 14.7 Å². The molecule has 4 nitrogen and oxygen atoms in total. The quantitative estimate of drug-likeness (QED) is 0.920. The predicted molar refractivity (Wildman–Crippen MR) is 90.7 cm³/mol. The van der Waals surface area contributed by atoms with Gasteiger partial charge in [-0.25, -0.2) is 0 Å². The van der Waals surface area contributed by atoms with Crippen LogP contribution in [0, 0.1) is 5.92 Å². The largest absolute Gasteiger partial charge is 0.489 e. The van der Waals surface area contributed by atoms with Crippen LogP contribution < -0.4 is 4.74 Å². The molecule has 0 spiro atoms. The van der Waals surface area contributed by atoms with Crippen LogP contribution in [-0.4, -0.2) is 35.1 Å². The Hall–Kier alpha value is -2.33. The standard InChI is InChI=1S/C20H21NO3/c22-16-11-21(12-16)20(23)19-10-18(19)15-6-8-17(9-7-15)24-13-14-4-2-1-3-5-14/h1-9,16,18-19,22H,10-13H2. The minimum absolute atomic E-state index is 0.0913. The minimum Gasteiger partial charge on any atom is -0.489 e. The summed E-state index contributed by atoms with van der Waals surface area (Å²) >= 11 is 0. The summed E-state index contributed by atoms with van der Waals surface area (Å²) in [7, 11) is 0. The molecule has 1 saturated heterocycles. The Bertz CT molecular complexity index is 707. The minimum atomic E-state index is -0.327. The predicted octanol–water partition coefficient (Wildman–Crippen LogP) is 2.57. The molecule has 1 saturated carbocycles. The molecule has 0 aromatic heterocycles. The van der Waals surface area contributed by atoms with E-state index in [2.05, 4.69) is 12.1 Å². The molecular formula is C20H21NO3. The van der Waals surface area contributed by atoms with Crippen molar-refractivity contribution in [3.05, 3.63) is 65.7 Å². The van der Waals surface area contributed by atoms with Crippen LogP contribution in [-0.2, 0) is 11.4 Å². The number of ether oxygens (including phenoxy) is 1. The molecule has 2 atom stereocenters. The van der Waals surface area contributed by atoms with Crippen molar-refractivity contribution in [2.45, 2.75) is 25.0 Å². The van der Waals surface area contributed by atoms with E-state index in [4.69, 9.17) is 4.74 Å². The van der Waals surface area contributed by atoms with E-state index in [1.807, 2.05) is 42.5 Å². The maximum Gasteiger partial charge on any atom is 0.226 e. The molecule has 1 aliphatic carbocycles. The molecular weight excluding hydrogens is 302 g/mol. The van der Waals surface area contributed by atoms with E-state index in [1.54, 1.807) is 4.90 Å². The highest BCUT2D eigenvalue weighted by Gasteiger charge is 2.47. The van der Waals surface area contributed by atoms with E-state index < -0.39 is 0 Å². The molecule has 4 heteroatoms. The number of benzene rings is 2. The van der Waals surface area contributed by atoms with Crippen LogP contribution in [0.4, 0.5) is 0 Å². The van der Waals surface area contributed by atoms with Gasteiger partial charge in [0.25, 0.3) is 0 Å². The highest BCUT2D eigenvalue weighted by atomic mass is 16.5. The first-order chi connectivity index (χ1) is 11.7. The maximum absolute atomic E-state index is 12.2. The average molecular weight is 323 g/mol. The van der Waals surface area contributed by atoms with Crippen molar-refractivity contribution in [1.82, 2.24) is 4.90 Å². The Morgan fingerprint density at radius 3 is 2.46 bits per heavy atom. The van der Waals surface area contributed by atoms with E-state index in [1.165, 1.54) is 5.56 Å². The van der Waals surface area contributed by atoms with Gasteiger partial charge in [-0.3, -0.25) is 4.79 Å². The van der Waals surface area contributed by atoms with Gasteiger partial charge in [0.15, 0.2) is 0 Å². The lowest BCUT2D eigenvalue weighted by atomic mass is 10.1. The fourth-order valence-corrected chi connectivity index (χ4v) is 3.26. The van der Waals surface area contributed by atoms with E-state index in [0.717, 1.165) is 17.7 Å². The number of aliphatic hydroxyl groups excluding tert-OH is 1. The van der Waals surface area contributed by atoms with Gasteiger partial charge in [-0.05, 0) is 35.6 Å². The summed E-state index contributed by atoms with van der Waals surface area (Å²) in [6.45, 7) is 1.55. The summed E-state index contributed by atoms with van der Waals surface area (Å²) in [5.41, 5.74) is 2.34. The number of carbonyl (C=O) groups excluding carboxylic acids is 1. The second-order valence-electron chi connectivity index (χ2n) is 6.69. The van der Waals surface area contributed by atoms with Gasteiger partial charge in [0.05, 0.1) is 6.10 Å². The average Bonchev–Trinajstić information content (AvgIpc) is 3.39. The lowest BCUT2D eigenvalue weighted by molar-refractivity contribution is -0.142. The zero-order chi connectivity index (χ0) is 16.5. The number of β-amino-alcohol motifs (C(OH)–C–C–N with tert-alkyl or cyclic N) is 1. The number of likely N-dealkylation sites (tertiary alicyclic amines) is 1. The van der Waals surface area contributed by atoms with Crippen LogP contribution >= 0.6 is 0 Å². The Labute approximate surface area is 141 Å². The number of carbonyl (C=O) groups is 1. The molecule has 0 radical (unpaired) electrons. The van der Waals surface area contributed by atoms with Crippen molar-refractivity contribution in [3.8, 4) is 5.75 Å². The first kappa shape index (κ1) is 15.2. The summed E-state index contributed by atoms with van der Waals surface area (Å²) in [5.74, 6) is 1.44. The van der Waals surface area contributed by atoms with E-state index in [0.29, 0.717) is 25.6 Å². The van der Waals surface area contributed by atoms with E-state index in [9.17, 15) is 9.90 Å². The van der Waals surface area contributed by atoms with Gasteiger partial charge in [-0.2, -0.15) is 0 Å². The molecule has 24 heavy (non-hydrogen) atoms. The summed E-state index contributed by atoms with van der Waals surface area (Å²) in [5, 5.41) is 9.31. The molecule has 1 aliphatic heterocycles. The third-order valence-electron chi connectivity index (χ3n) is 4.84. The SMILES string of the molecule is O=C(C1CC1c1ccc(OCc2ccccc2)cc1)N1CC(O)C1. The zero-order valence-electron chi connectivity index (χ0n) is 13.5. The van der Waals surface area contributed by atoms with Crippen LogP contribution in [0.1, 0.15) is 23.5 Å². The monoisotopic (exact) mass is 323 g/mol. The number of hydrogen-bond donors (Lipinski definition) is 1. The first-order valence-electron chi connectivity index (χ1n) is 8.44. The lowest BCUT2D eigenvalue weighted by Crippen LogP contribution is -2.54. The Morgan fingerprint density at radius 1 is 1.08 bits per heavy atom. The van der Waals surface area contributed by atoms with Crippen LogP contribution in [0.3, 0.4) is 0 Å². The second-order valence-corrected chi connectivity index (χ2v) is 6.69. The summed E-state index contributed by atoms with van der Waals surface area (Å²) < 4.78 is 5.80. The smallest absolute Gasteiger partial charge is 0.226 e. The summed E-state index contributed by atoms with van der Waals surface area (Å²) in [6, 6.07) is 18.2. The molecule has 1 N–H and O–H groups in total. The lowest BCUT2D eigenvalue weighted by Gasteiger charge is -2.36. The Balaban J connectivity index is 1.31. The number of nitrogens with zero attached hydrogens (tertiary/aromatic N) is 1. The zero-order valence-corrected chi connectivity index (χ0v) is 13.5. The molecule has 0 bridgehead atoms. The highest BCUT2D eigenvalue weighted by Crippen LogP contribution is 2.49. The third-order valence-corrected chi connectivity index (χ3v) is 4.84. The van der Waals surface area contributed by atoms with Crippen molar-refractivity contribution >= 4 is 5.91 Å². The van der Waals surface area contributed by atoms with Crippen LogP contribution in [0.25, 0.3) is 0 Å². The fraction of sp³-hybridized carbons (Fsp3) is 0.350. The molecule has 124 valence electrons. The molecule has 2 aromatic rings. The number of hydrogen-bond acceptors (Lipinski definition) is 3. The van der Waals surface area contributed by atoms with Crippen molar-refractivity contribution in [2.75, 3.05) is 13.1 Å². The third kappa shape index (κ3) is 3.15. The van der Waals surface area contributed by atoms with Crippen LogP contribution in [0.15, 0.2) is 54.6 Å². The highest BCUT2D eigenvalue weighted by molar-refractivity contribution is 5.83. The van der Waals surface area contributed by atoms with Gasteiger partial charge in [0, 0.05) is 19.0 Å². The van der Waals surface area contributed by atoms with Gasteiger partial charge in [-0.1, -0.05) is 42.5 Å². The van der Waals surface area contributed by atoms with Crippen molar-refractivity contribution in [1.29, 1.82) is 0 Å². The molecule has 1 amide bonds. The van der Waals surface area contributed by atoms with Gasteiger partial charge in [-0.15, -0.1) is 0 Å².